The maximum absolute atomic E-state index is 10.3. The summed E-state index contributed by atoms with van der Waals surface area (Å²) in [5.41, 5.74) is 0.300. The number of rotatable bonds is 5. The Hall–Kier alpha value is -0.0800. The van der Waals surface area contributed by atoms with Crippen LogP contribution in [0.15, 0.2) is 0 Å². The Balaban J connectivity index is 2.67. The molecule has 0 aromatic carbocycles. The van der Waals surface area contributed by atoms with Crippen LogP contribution in [0.3, 0.4) is 0 Å². The first kappa shape index (κ1) is 15.0. The summed E-state index contributed by atoms with van der Waals surface area (Å²) in [6, 6.07) is 0. The number of hydrogen-bond donors (Lipinski definition) is 2. The second-order valence-corrected chi connectivity index (χ2v) is 6.30. The fourth-order valence-electron chi connectivity index (χ4n) is 3.86. The lowest BCUT2D eigenvalue weighted by molar-refractivity contribution is -0.0458. The van der Waals surface area contributed by atoms with Gasteiger partial charge in [0.15, 0.2) is 0 Å². The van der Waals surface area contributed by atoms with E-state index in [0.29, 0.717) is 11.3 Å². The van der Waals surface area contributed by atoms with Crippen LogP contribution < -0.4 is 0 Å². The molecule has 0 amide bonds. The summed E-state index contributed by atoms with van der Waals surface area (Å²) >= 11 is 0. The van der Waals surface area contributed by atoms with Crippen molar-refractivity contribution in [2.24, 2.45) is 23.2 Å². The van der Waals surface area contributed by atoms with Crippen LogP contribution >= 0.6 is 0 Å². The Kier molecular flexibility index (Phi) is 5.46. The Morgan fingerprint density at radius 1 is 1.29 bits per heavy atom. The van der Waals surface area contributed by atoms with Crippen molar-refractivity contribution in [2.75, 3.05) is 6.61 Å². The zero-order valence-corrected chi connectivity index (χ0v) is 11.9. The zero-order chi connectivity index (χ0) is 13.1. The van der Waals surface area contributed by atoms with Crippen molar-refractivity contribution in [2.45, 2.75) is 65.9 Å². The van der Waals surface area contributed by atoms with E-state index in [1.54, 1.807) is 0 Å². The number of aliphatic hydroxyl groups is 2. The normalized spacial score (nSPS) is 36.2. The highest BCUT2D eigenvalue weighted by molar-refractivity contribution is 4.92. The van der Waals surface area contributed by atoms with E-state index in [1.807, 2.05) is 6.92 Å². The molecule has 0 spiro atoms. The van der Waals surface area contributed by atoms with Crippen LogP contribution in [0.5, 0.6) is 0 Å². The van der Waals surface area contributed by atoms with Crippen LogP contribution in [0.4, 0.5) is 0 Å². The van der Waals surface area contributed by atoms with Gasteiger partial charge in [0.25, 0.3) is 0 Å². The highest BCUT2D eigenvalue weighted by atomic mass is 16.3. The van der Waals surface area contributed by atoms with Gasteiger partial charge in [-0.1, -0.05) is 40.5 Å². The first-order chi connectivity index (χ1) is 7.98. The molecule has 1 fully saturated rings. The van der Waals surface area contributed by atoms with Gasteiger partial charge in [-0.3, -0.25) is 0 Å². The second-order valence-electron chi connectivity index (χ2n) is 6.30. The quantitative estimate of drug-likeness (QED) is 0.777. The largest absolute Gasteiger partial charge is 0.396 e. The summed E-state index contributed by atoms with van der Waals surface area (Å²) in [6.07, 6.45) is 5.37. The summed E-state index contributed by atoms with van der Waals surface area (Å²) in [4.78, 5) is 0. The minimum absolute atomic E-state index is 0.198. The van der Waals surface area contributed by atoms with Crippen molar-refractivity contribution in [3.05, 3.63) is 0 Å². The van der Waals surface area contributed by atoms with Gasteiger partial charge < -0.3 is 10.2 Å². The molecule has 1 rings (SSSR count). The molecule has 0 aromatic rings. The van der Waals surface area contributed by atoms with E-state index in [1.165, 1.54) is 19.3 Å². The molecule has 1 aliphatic rings. The third-order valence-corrected chi connectivity index (χ3v) is 5.21. The average Bonchev–Trinajstić information content (AvgIpc) is 2.29. The fourth-order valence-corrected chi connectivity index (χ4v) is 3.86. The van der Waals surface area contributed by atoms with E-state index in [4.69, 9.17) is 0 Å². The van der Waals surface area contributed by atoms with E-state index in [0.717, 1.165) is 18.8 Å². The lowest BCUT2D eigenvalue weighted by atomic mass is 9.61. The van der Waals surface area contributed by atoms with Gasteiger partial charge in [-0.25, -0.2) is 0 Å². The standard InChI is InChI=1S/C15H30O2/c1-5-12(6-2)15(4)8-7-13(11(3)10-16)14(17)9-15/h11-14,16-17H,5-10H2,1-4H3. The molecule has 102 valence electrons. The Morgan fingerprint density at radius 2 is 1.88 bits per heavy atom. The fraction of sp³-hybridized carbons (Fsp3) is 1.00. The number of aliphatic hydroxyl groups excluding tert-OH is 2. The Bertz CT molecular complexity index is 225. The molecule has 1 saturated carbocycles. The predicted molar refractivity (Wildman–Crippen MR) is 71.8 cm³/mol. The maximum Gasteiger partial charge on any atom is 0.0577 e. The summed E-state index contributed by atoms with van der Waals surface area (Å²) in [5.74, 6) is 1.25. The molecule has 1 aliphatic carbocycles. The van der Waals surface area contributed by atoms with Crippen LogP contribution in [0.2, 0.25) is 0 Å². The van der Waals surface area contributed by atoms with Gasteiger partial charge in [-0.2, -0.15) is 0 Å². The van der Waals surface area contributed by atoms with Crippen molar-refractivity contribution in [1.29, 1.82) is 0 Å². The highest BCUT2D eigenvalue weighted by Gasteiger charge is 2.41. The van der Waals surface area contributed by atoms with Crippen molar-refractivity contribution in [1.82, 2.24) is 0 Å². The first-order valence-corrected chi connectivity index (χ1v) is 7.27. The van der Waals surface area contributed by atoms with Gasteiger partial charge in [0, 0.05) is 6.61 Å². The summed E-state index contributed by atoms with van der Waals surface area (Å²) in [6.45, 7) is 9.10. The van der Waals surface area contributed by atoms with Crippen molar-refractivity contribution in [3.8, 4) is 0 Å². The molecule has 0 aromatic heterocycles. The van der Waals surface area contributed by atoms with Crippen molar-refractivity contribution >= 4 is 0 Å². The average molecular weight is 242 g/mol. The van der Waals surface area contributed by atoms with Gasteiger partial charge >= 0.3 is 0 Å². The zero-order valence-electron chi connectivity index (χ0n) is 11.9. The first-order valence-electron chi connectivity index (χ1n) is 7.27. The van der Waals surface area contributed by atoms with Gasteiger partial charge in [-0.05, 0) is 42.4 Å². The molecular formula is C15H30O2. The molecule has 2 N–H and O–H groups in total. The van der Waals surface area contributed by atoms with Crippen LogP contribution in [0.1, 0.15) is 59.8 Å². The third kappa shape index (κ3) is 3.23. The maximum atomic E-state index is 10.3. The molecule has 2 heteroatoms. The summed E-state index contributed by atoms with van der Waals surface area (Å²) in [5, 5.41) is 19.6. The van der Waals surface area contributed by atoms with Gasteiger partial charge in [0.2, 0.25) is 0 Å². The SMILES string of the molecule is CCC(CC)C1(C)CCC(C(C)CO)C(O)C1. The monoisotopic (exact) mass is 242 g/mol. The Morgan fingerprint density at radius 3 is 2.29 bits per heavy atom. The molecular weight excluding hydrogens is 212 g/mol. The molecule has 0 radical (unpaired) electrons. The van der Waals surface area contributed by atoms with Crippen LogP contribution in [0, 0.1) is 23.2 Å². The molecule has 2 nitrogen and oxygen atoms in total. The molecule has 0 saturated heterocycles. The molecule has 4 atom stereocenters. The van der Waals surface area contributed by atoms with Gasteiger partial charge in [0.05, 0.1) is 6.10 Å². The van der Waals surface area contributed by atoms with E-state index in [-0.39, 0.29) is 18.6 Å². The van der Waals surface area contributed by atoms with Gasteiger partial charge in [-0.15, -0.1) is 0 Å². The van der Waals surface area contributed by atoms with E-state index in [2.05, 4.69) is 20.8 Å². The van der Waals surface area contributed by atoms with Crippen molar-refractivity contribution in [3.63, 3.8) is 0 Å². The minimum Gasteiger partial charge on any atom is -0.396 e. The van der Waals surface area contributed by atoms with E-state index in [9.17, 15) is 10.2 Å². The third-order valence-electron chi connectivity index (χ3n) is 5.21. The molecule has 17 heavy (non-hydrogen) atoms. The summed E-state index contributed by atoms with van der Waals surface area (Å²) in [7, 11) is 0. The second kappa shape index (κ2) is 6.19. The molecule has 0 bridgehead atoms. The summed E-state index contributed by atoms with van der Waals surface area (Å²) < 4.78 is 0. The highest BCUT2D eigenvalue weighted by Crippen LogP contribution is 2.48. The molecule has 0 aliphatic heterocycles. The Labute approximate surface area is 106 Å². The lowest BCUT2D eigenvalue weighted by Gasteiger charge is -2.46. The topological polar surface area (TPSA) is 40.5 Å². The lowest BCUT2D eigenvalue weighted by Crippen LogP contribution is -2.42. The van der Waals surface area contributed by atoms with Crippen molar-refractivity contribution < 1.29 is 10.2 Å². The van der Waals surface area contributed by atoms with Crippen LogP contribution in [-0.4, -0.2) is 22.9 Å². The molecule has 4 unspecified atom stereocenters. The predicted octanol–water partition coefficient (Wildman–Crippen LogP) is 3.22. The minimum atomic E-state index is -0.225. The van der Waals surface area contributed by atoms with E-state index >= 15 is 0 Å². The van der Waals surface area contributed by atoms with Crippen LogP contribution in [-0.2, 0) is 0 Å². The van der Waals surface area contributed by atoms with E-state index < -0.39 is 0 Å². The smallest absolute Gasteiger partial charge is 0.0577 e. The van der Waals surface area contributed by atoms with Crippen LogP contribution in [0.25, 0.3) is 0 Å². The molecule has 0 heterocycles. The van der Waals surface area contributed by atoms with Gasteiger partial charge in [0.1, 0.15) is 0 Å². The number of hydrogen-bond acceptors (Lipinski definition) is 2.